The van der Waals surface area contributed by atoms with Crippen LogP contribution < -0.4 is 4.74 Å². The highest BCUT2D eigenvalue weighted by Crippen LogP contribution is 2.29. The lowest BCUT2D eigenvalue weighted by atomic mass is 10.1. The summed E-state index contributed by atoms with van der Waals surface area (Å²) in [4.78, 5) is 0. The number of rotatable bonds is 3. The van der Waals surface area contributed by atoms with E-state index in [4.69, 9.17) is 16.3 Å². The summed E-state index contributed by atoms with van der Waals surface area (Å²) in [7, 11) is 1.91. The molecule has 0 amide bonds. The first-order valence-electron chi connectivity index (χ1n) is 5.97. The molecule has 0 atom stereocenters. The lowest BCUT2D eigenvalue weighted by Crippen LogP contribution is -2.05. The zero-order valence-corrected chi connectivity index (χ0v) is 13.8. The van der Waals surface area contributed by atoms with Crippen LogP contribution in [0.25, 0.3) is 0 Å². The van der Waals surface area contributed by atoms with Crippen LogP contribution in [-0.2, 0) is 13.7 Å². The Bertz CT molecular complexity index is 599. The highest BCUT2D eigenvalue weighted by Gasteiger charge is 2.13. The molecule has 0 unspecified atom stereocenters. The van der Waals surface area contributed by atoms with Crippen LogP contribution in [0.5, 0.6) is 5.75 Å². The van der Waals surface area contributed by atoms with Gasteiger partial charge in [0, 0.05) is 12.1 Å². The van der Waals surface area contributed by atoms with E-state index < -0.39 is 0 Å². The van der Waals surface area contributed by atoms with Crippen LogP contribution in [-0.4, -0.2) is 9.78 Å². The molecule has 0 bridgehead atoms. The van der Waals surface area contributed by atoms with Crippen molar-refractivity contribution in [3.05, 3.63) is 44.1 Å². The number of benzene rings is 1. The van der Waals surface area contributed by atoms with Gasteiger partial charge in [0.2, 0.25) is 0 Å². The maximum atomic E-state index is 6.02. The molecule has 0 radical (unpaired) electrons. The van der Waals surface area contributed by atoms with Gasteiger partial charge in [0.05, 0.1) is 15.9 Å². The van der Waals surface area contributed by atoms with Gasteiger partial charge in [-0.2, -0.15) is 5.10 Å². The van der Waals surface area contributed by atoms with E-state index in [2.05, 4.69) is 21.0 Å². The fraction of sp³-hybridized carbons (Fsp3) is 0.357. The number of ether oxygens (including phenoxy) is 1. The van der Waals surface area contributed by atoms with Gasteiger partial charge in [-0.05, 0) is 60.0 Å². The highest BCUT2D eigenvalue weighted by atomic mass is 79.9. The van der Waals surface area contributed by atoms with E-state index in [-0.39, 0.29) is 0 Å². The molecule has 102 valence electrons. The molecule has 1 aromatic carbocycles. The largest absolute Gasteiger partial charge is 0.487 e. The second-order valence-corrected chi connectivity index (χ2v) is 5.86. The number of aromatic nitrogens is 2. The van der Waals surface area contributed by atoms with E-state index in [0.29, 0.717) is 6.61 Å². The predicted molar refractivity (Wildman–Crippen MR) is 80.9 cm³/mol. The van der Waals surface area contributed by atoms with Crippen molar-refractivity contribution in [1.82, 2.24) is 9.78 Å². The number of aryl methyl sites for hydroxylation is 4. The molecule has 1 aromatic heterocycles. The van der Waals surface area contributed by atoms with Crippen molar-refractivity contribution >= 4 is 27.5 Å². The van der Waals surface area contributed by atoms with Gasteiger partial charge in [0.25, 0.3) is 0 Å². The van der Waals surface area contributed by atoms with Crippen LogP contribution in [0.4, 0.5) is 0 Å². The van der Waals surface area contributed by atoms with Crippen LogP contribution in [0.2, 0.25) is 5.02 Å². The zero-order chi connectivity index (χ0) is 14.2. The third-order valence-electron chi connectivity index (χ3n) is 3.04. The molecule has 2 rings (SSSR count). The molecular formula is C14H16BrClN2O. The molecule has 19 heavy (non-hydrogen) atoms. The van der Waals surface area contributed by atoms with Crippen molar-refractivity contribution in [1.29, 1.82) is 0 Å². The molecule has 5 heteroatoms. The minimum Gasteiger partial charge on any atom is -0.487 e. The second kappa shape index (κ2) is 5.55. The second-order valence-electron chi connectivity index (χ2n) is 4.63. The van der Waals surface area contributed by atoms with Gasteiger partial charge < -0.3 is 4.74 Å². The van der Waals surface area contributed by atoms with E-state index in [1.165, 1.54) is 0 Å². The van der Waals surface area contributed by atoms with Gasteiger partial charge in [-0.3, -0.25) is 4.68 Å². The average molecular weight is 344 g/mol. The molecule has 0 aliphatic rings. The van der Waals surface area contributed by atoms with Crippen molar-refractivity contribution in [2.75, 3.05) is 0 Å². The molecule has 0 spiro atoms. The first-order chi connectivity index (χ1) is 8.90. The van der Waals surface area contributed by atoms with Crippen LogP contribution in [0.3, 0.4) is 0 Å². The molecule has 3 nitrogen and oxygen atoms in total. The molecule has 1 heterocycles. The summed E-state index contributed by atoms with van der Waals surface area (Å²) in [6, 6.07) is 3.82. The summed E-state index contributed by atoms with van der Waals surface area (Å²) in [5.74, 6) is 0.884. The van der Waals surface area contributed by atoms with Gasteiger partial charge in [-0.25, -0.2) is 0 Å². The van der Waals surface area contributed by atoms with Gasteiger partial charge in [-0.15, -0.1) is 0 Å². The maximum absolute atomic E-state index is 6.02. The Kier molecular flexibility index (Phi) is 4.21. The Hall–Kier alpha value is -1.00. The quantitative estimate of drug-likeness (QED) is 0.829. The van der Waals surface area contributed by atoms with E-state index in [1.807, 2.05) is 44.6 Å². The van der Waals surface area contributed by atoms with Gasteiger partial charge in [0.15, 0.2) is 0 Å². The number of nitrogens with zero attached hydrogens (tertiary/aromatic N) is 2. The smallest absolute Gasteiger partial charge is 0.131 e. The zero-order valence-electron chi connectivity index (χ0n) is 11.4. The van der Waals surface area contributed by atoms with Crippen molar-refractivity contribution < 1.29 is 4.74 Å². The number of hydrogen-bond donors (Lipinski definition) is 0. The molecule has 2 aromatic rings. The standard InChI is InChI=1S/C14H16BrClN2O/c1-8-5-11(16)6-9(2)14(8)19-7-12-13(15)10(3)17-18(12)4/h5-6H,7H2,1-4H3. The molecule has 0 aliphatic heterocycles. The first-order valence-corrected chi connectivity index (χ1v) is 7.14. The minimum atomic E-state index is 0.473. The first kappa shape index (κ1) is 14.4. The van der Waals surface area contributed by atoms with Gasteiger partial charge in [0.1, 0.15) is 12.4 Å². The summed E-state index contributed by atoms with van der Waals surface area (Å²) in [5, 5.41) is 5.09. The summed E-state index contributed by atoms with van der Waals surface area (Å²) in [5.41, 5.74) is 4.07. The van der Waals surface area contributed by atoms with Crippen LogP contribution in [0.15, 0.2) is 16.6 Å². The van der Waals surface area contributed by atoms with Crippen LogP contribution >= 0.6 is 27.5 Å². The van der Waals surface area contributed by atoms with Crippen LogP contribution in [0.1, 0.15) is 22.5 Å². The molecule has 0 fully saturated rings. The Labute approximate surface area is 126 Å². The average Bonchev–Trinajstić information content (AvgIpc) is 2.53. The molecule has 0 saturated heterocycles. The van der Waals surface area contributed by atoms with E-state index >= 15 is 0 Å². The highest BCUT2D eigenvalue weighted by molar-refractivity contribution is 9.10. The molecule has 0 N–H and O–H groups in total. The summed E-state index contributed by atoms with van der Waals surface area (Å²) < 4.78 is 8.77. The fourth-order valence-corrected chi connectivity index (χ4v) is 2.88. The lowest BCUT2D eigenvalue weighted by Gasteiger charge is -2.13. The fourth-order valence-electron chi connectivity index (χ4n) is 2.10. The number of hydrogen-bond acceptors (Lipinski definition) is 2. The van der Waals surface area contributed by atoms with E-state index in [0.717, 1.165) is 37.8 Å². The van der Waals surface area contributed by atoms with E-state index in [9.17, 15) is 0 Å². The monoisotopic (exact) mass is 342 g/mol. The Morgan fingerprint density at radius 1 is 1.26 bits per heavy atom. The number of halogens is 2. The maximum Gasteiger partial charge on any atom is 0.131 e. The van der Waals surface area contributed by atoms with Crippen molar-refractivity contribution in [2.45, 2.75) is 27.4 Å². The normalized spacial score (nSPS) is 10.8. The topological polar surface area (TPSA) is 27.1 Å². The summed E-state index contributed by atoms with van der Waals surface area (Å²) >= 11 is 9.55. The van der Waals surface area contributed by atoms with Crippen molar-refractivity contribution in [2.24, 2.45) is 7.05 Å². The van der Waals surface area contributed by atoms with Gasteiger partial charge in [-0.1, -0.05) is 11.6 Å². The summed E-state index contributed by atoms with van der Waals surface area (Å²) in [6.07, 6.45) is 0. The minimum absolute atomic E-state index is 0.473. The third-order valence-corrected chi connectivity index (χ3v) is 4.29. The Balaban J connectivity index is 2.24. The SMILES string of the molecule is Cc1cc(Cl)cc(C)c1OCc1c(Br)c(C)nn1C. The Morgan fingerprint density at radius 3 is 2.32 bits per heavy atom. The van der Waals surface area contributed by atoms with Crippen LogP contribution in [0, 0.1) is 20.8 Å². The molecule has 0 aliphatic carbocycles. The lowest BCUT2D eigenvalue weighted by molar-refractivity contribution is 0.290. The predicted octanol–water partition coefficient (Wildman–Crippen LogP) is 4.34. The molecular weight excluding hydrogens is 328 g/mol. The van der Waals surface area contributed by atoms with Crippen molar-refractivity contribution in [3.63, 3.8) is 0 Å². The van der Waals surface area contributed by atoms with E-state index in [1.54, 1.807) is 0 Å². The molecule has 0 saturated carbocycles. The van der Waals surface area contributed by atoms with Crippen molar-refractivity contribution in [3.8, 4) is 5.75 Å². The van der Waals surface area contributed by atoms with Gasteiger partial charge >= 0.3 is 0 Å². The summed E-state index contributed by atoms with van der Waals surface area (Å²) in [6.45, 7) is 6.43. The third kappa shape index (κ3) is 2.95. The Morgan fingerprint density at radius 2 is 1.84 bits per heavy atom.